The van der Waals surface area contributed by atoms with Crippen molar-refractivity contribution in [1.82, 2.24) is 0 Å². The van der Waals surface area contributed by atoms with Crippen molar-refractivity contribution >= 4 is 33.8 Å². The summed E-state index contributed by atoms with van der Waals surface area (Å²) in [7, 11) is 0. The molecule has 2 unspecified atom stereocenters. The SMILES string of the molecule is Nc1ccc(C=O)cc1C(c1cccc2ccccc12)S(=O)O. The molecule has 3 N–H and O–H groups in total. The lowest BCUT2D eigenvalue weighted by atomic mass is 9.96. The molecule has 116 valence electrons. The number of nitrogen functional groups attached to an aromatic ring is 1. The highest BCUT2D eigenvalue weighted by Gasteiger charge is 2.24. The van der Waals surface area contributed by atoms with Gasteiger partial charge in [0, 0.05) is 11.3 Å². The molecule has 0 fully saturated rings. The molecule has 2 atom stereocenters. The van der Waals surface area contributed by atoms with Crippen molar-refractivity contribution in [3.63, 3.8) is 0 Å². The number of hydrogen-bond acceptors (Lipinski definition) is 3. The van der Waals surface area contributed by atoms with Gasteiger partial charge in [-0.2, -0.15) is 0 Å². The van der Waals surface area contributed by atoms with E-state index in [1.807, 2.05) is 42.5 Å². The largest absolute Gasteiger partial charge is 0.398 e. The van der Waals surface area contributed by atoms with Crippen molar-refractivity contribution in [3.05, 3.63) is 77.4 Å². The fourth-order valence-corrected chi connectivity index (χ4v) is 3.60. The van der Waals surface area contributed by atoms with Crippen LogP contribution in [-0.2, 0) is 11.1 Å². The van der Waals surface area contributed by atoms with E-state index in [4.69, 9.17) is 5.73 Å². The molecular weight excluding hydrogens is 310 g/mol. The lowest BCUT2D eigenvalue weighted by molar-refractivity contribution is 0.112. The second-order valence-electron chi connectivity index (χ2n) is 5.23. The summed E-state index contributed by atoms with van der Waals surface area (Å²) in [6.07, 6.45) is 0.698. The van der Waals surface area contributed by atoms with Crippen molar-refractivity contribution in [2.24, 2.45) is 0 Å². The minimum atomic E-state index is -2.18. The first kappa shape index (κ1) is 15.4. The topological polar surface area (TPSA) is 80.4 Å². The van der Waals surface area contributed by atoms with Gasteiger partial charge in [-0.1, -0.05) is 42.5 Å². The second kappa shape index (κ2) is 6.32. The summed E-state index contributed by atoms with van der Waals surface area (Å²) in [6, 6.07) is 18.0. The van der Waals surface area contributed by atoms with E-state index in [0.29, 0.717) is 28.7 Å². The minimum Gasteiger partial charge on any atom is -0.398 e. The van der Waals surface area contributed by atoms with Crippen molar-refractivity contribution in [3.8, 4) is 0 Å². The number of fused-ring (bicyclic) bond motifs is 1. The molecule has 0 radical (unpaired) electrons. The van der Waals surface area contributed by atoms with Gasteiger partial charge in [-0.15, -0.1) is 0 Å². The summed E-state index contributed by atoms with van der Waals surface area (Å²) in [5.74, 6) is 0. The highest BCUT2D eigenvalue weighted by Crippen LogP contribution is 2.35. The zero-order valence-electron chi connectivity index (χ0n) is 12.2. The van der Waals surface area contributed by atoms with E-state index in [1.54, 1.807) is 18.2 Å². The summed E-state index contributed by atoms with van der Waals surface area (Å²) >= 11 is -2.18. The quantitative estimate of drug-likeness (QED) is 0.437. The van der Waals surface area contributed by atoms with Crippen LogP contribution in [0.15, 0.2) is 60.7 Å². The lowest BCUT2D eigenvalue weighted by Gasteiger charge is -2.18. The average molecular weight is 325 g/mol. The first-order chi connectivity index (χ1) is 11.1. The van der Waals surface area contributed by atoms with E-state index in [-0.39, 0.29) is 0 Å². The van der Waals surface area contributed by atoms with Gasteiger partial charge in [-0.3, -0.25) is 4.79 Å². The number of benzene rings is 3. The maximum Gasteiger partial charge on any atom is 0.165 e. The van der Waals surface area contributed by atoms with Gasteiger partial charge in [0.05, 0.1) is 0 Å². The lowest BCUT2D eigenvalue weighted by Crippen LogP contribution is -2.11. The van der Waals surface area contributed by atoms with Crippen LogP contribution in [0.3, 0.4) is 0 Å². The zero-order chi connectivity index (χ0) is 16.4. The van der Waals surface area contributed by atoms with Crippen LogP contribution in [0.25, 0.3) is 10.8 Å². The van der Waals surface area contributed by atoms with Crippen LogP contribution in [0.2, 0.25) is 0 Å². The van der Waals surface area contributed by atoms with Gasteiger partial charge in [0.2, 0.25) is 0 Å². The Balaban J connectivity index is 2.27. The van der Waals surface area contributed by atoms with Crippen molar-refractivity contribution in [1.29, 1.82) is 0 Å². The maximum atomic E-state index is 12.1. The summed E-state index contributed by atoms with van der Waals surface area (Å²) < 4.78 is 22.0. The normalized spacial score (nSPS) is 13.6. The number of anilines is 1. The van der Waals surface area contributed by atoms with E-state index in [0.717, 1.165) is 10.8 Å². The van der Waals surface area contributed by atoms with Gasteiger partial charge in [-0.25, -0.2) is 4.21 Å². The summed E-state index contributed by atoms with van der Waals surface area (Å²) in [5, 5.41) is 1.05. The predicted molar refractivity (Wildman–Crippen MR) is 92.8 cm³/mol. The number of rotatable bonds is 4. The van der Waals surface area contributed by atoms with Crippen LogP contribution in [0.4, 0.5) is 5.69 Å². The Morgan fingerprint density at radius 1 is 1.00 bits per heavy atom. The molecule has 3 rings (SSSR count). The predicted octanol–water partition coefficient (Wildman–Crippen LogP) is 3.55. The van der Waals surface area contributed by atoms with E-state index in [2.05, 4.69) is 0 Å². The molecule has 0 aliphatic rings. The highest BCUT2D eigenvalue weighted by molar-refractivity contribution is 7.79. The van der Waals surface area contributed by atoms with Crippen LogP contribution in [0.5, 0.6) is 0 Å². The van der Waals surface area contributed by atoms with E-state index < -0.39 is 16.3 Å². The molecule has 0 bridgehead atoms. The van der Waals surface area contributed by atoms with Crippen molar-refractivity contribution in [2.45, 2.75) is 5.25 Å². The number of carbonyl (C=O) groups is 1. The third kappa shape index (κ3) is 2.88. The number of aldehydes is 1. The minimum absolute atomic E-state index is 0.385. The Morgan fingerprint density at radius 3 is 2.48 bits per heavy atom. The van der Waals surface area contributed by atoms with Crippen LogP contribution in [-0.4, -0.2) is 15.0 Å². The van der Waals surface area contributed by atoms with Crippen LogP contribution in [0.1, 0.15) is 26.7 Å². The van der Waals surface area contributed by atoms with Gasteiger partial charge in [0.1, 0.15) is 11.5 Å². The van der Waals surface area contributed by atoms with E-state index in [1.165, 1.54) is 0 Å². The second-order valence-corrected chi connectivity index (χ2v) is 6.25. The third-order valence-electron chi connectivity index (χ3n) is 3.84. The summed E-state index contributed by atoms with van der Waals surface area (Å²) in [4.78, 5) is 11.0. The highest BCUT2D eigenvalue weighted by atomic mass is 32.2. The molecule has 5 heteroatoms. The van der Waals surface area contributed by atoms with Gasteiger partial charge in [0.25, 0.3) is 0 Å². The molecule has 0 saturated heterocycles. The van der Waals surface area contributed by atoms with Gasteiger partial charge >= 0.3 is 0 Å². The van der Waals surface area contributed by atoms with Gasteiger partial charge in [-0.05, 0) is 40.1 Å². The maximum absolute atomic E-state index is 12.1. The monoisotopic (exact) mass is 325 g/mol. The smallest absolute Gasteiger partial charge is 0.165 e. The molecule has 0 aliphatic carbocycles. The molecule has 0 amide bonds. The fraction of sp³-hybridized carbons (Fsp3) is 0.0556. The standard InChI is InChI=1S/C18H15NO3S/c19-17-9-8-12(11-20)10-16(17)18(23(21)22)15-7-3-5-13-4-1-2-6-14(13)15/h1-11,18H,19H2,(H,21,22). The molecule has 0 aliphatic heterocycles. The third-order valence-corrected chi connectivity index (χ3v) is 4.75. The first-order valence-corrected chi connectivity index (χ1v) is 8.20. The first-order valence-electron chi connectivity index (χ1n) is 7.03. The molecule has 3 aromatic rings. The Bertz CT molecular complexity index is 902. The van der Waals surface area contributed by atoms with Crippen molar-refractivity contribution < 1.29 is 13.6 Å². The molecule has 23 heavy (non-hydrogen) atoms. The molecule has 0 aromatic heterocycles. The Labute approximate surface area is 136 Å². The Morgan fingerprint density at radius 2 is 1.74 bits per heavy atom. The van der Waals surface area contributed by atoms with Crippen LogP contribution in [0, 0.1) is 0 Å². The Kier molecular flexibility index (Phi) is 4.23. The van der Waals surface area contributed by atoms with Gasteiger partial charge < -0.3 is 10.3 Å². The number of nitrogens with two attached hydrogens (primary N) is 1. The van der Waals surface area contributed by atoms with Crippen LogP contribution < -0.4 is 5.73 Å². The summed E-state index contributed by atoms with van der Waals surface area (Å²) in [6.45, 7) is 0. The molecule has 0 saturated carbocycles. The van der Waals surface area contributed by atoms with E-state index in [9.17, 15) is 13.6 Å². The number of carbonyl (C=O) groups excluding carboxylic acids is 1. The zero-order valence-corrected chi connectivity index (χ0v) is 13.0. The van der Waals surface area contributed by atoms with Crippen LogP contribution >= 0.6 is 0 Å². The van der Waals surface area contributed by atoms with E-state index >= 15 is 0 Å². The van der Waals surface area contributed by atoms with Crippen molar-refractivity contribution in [2.75, 3.05) is 5.73 Å². The number of hydrogen-bond donors (Lipinski definition) is 2. The molecule has 0 heterocycles. The Hall–Kier alpha value is -2.50. The molecule has 0 spiro atoms. The molecule has 3 aromatic carbocycles. The molecule has 4 nitrogen and oxygen atoms in total. The fourth-order valence-electron chi connectivity index (χ4n) is 2.76. The van der Waals surface area contributed by atoms with Gasteiger partial charge in [0.15, 0.2) is 11.1 Å². The average Bonchev–Trinajstić information content (AvgIpc) is 2.57. The molecular formula is C18H15NO3S. The summed E-state index contributed by atoms with van der Waals surface area (Å²) in [5.41, 5.74) is 7.99.